The van der Waals surface area contributed by atoms with Crippen molar-refractivity contribution >= 4 is 23.2 Å². The van der Waals surface area contributed by atoms with Crippen molar-refractivity contribution in [3.63, 3.8) is 0 Å². The molecule has 0 N–H and O–H groups in total. The predicted molar refractivity (Wildman–Crippen MR) is 84.7 cm³/mol. The molecule has 0 saturated heterocycles. The molecular weight excluding hydrogens is 337 g/mol. The predicted octanol–water partition coefficient (Wildman–Crippen LogP) is 3.42. The highest BCUT2D eigenvalue weighted by molar-refractivity contribution is 6.35. The number of aromatic nitrogens is 4. The normalized spacial score (nSPS) is 10.3. The van der Waals surface area contributed by atoms with E-state index >= 15 is 0 Å². The molecule has 0 aliphatic carbocycles. The van der Waals surface area contributed by atoms with Gasteiger partial charge in [-0.15, -0.1) is 5.10 Å². The van der Waals surface area contributed by atoms with Crippen LogP contribution >= 0.6 is 23.2 Å². The average molecular weight is 346 g/mol. The highest BCUT2D eigenvalue weighted by Gasteiger charge is 2.10. The van der Waals surface area contributed by atoms with E-state index in [1.807, 2.05) is 0 Å². The van der Waals surface area contributed by atoms with Crippen LogP contribution in [0.5, 0.6) is 5.75 Å². The maximum atomic E-state index is 9.04. The lowest BCUT2D eigenvalue weighted by molar-refractivity contribution is 0.304. The molecule has 8 heteroatoms. The zero-order valence-corrected chi connectivity index (χ0v) is 13.2. The van der Waals surface area contributed by atoms with Gasteiger partial charge in [0.15, 0.2) is 0 Å². The molecule has 0 saturated carbocycles. The van der Waals surface area contributed by atoms with Crippen LogP contribution in [0.25, 0.3) is 5.69 Å². The number of halogens is 2. The fourth-order valence-corrected chi connectivity index (χ4v) is 2.42. The van der Waals surface area contributed by atoms with E-state index in [4.69, 9.17) is 33.2 Å². The first-order valence-electron chi connectivity index (χ1n) is 6.51. The second-order valence-corrected chi connectivity index (χ2v) is 5.42. The lowest BCUT2D eigenvalue weighted by Gasteiger charge is -2.12. The number of tetrazole rings is 1. The smallest absolute Gasteiger partial charge is 0.145 e. The molecule has 2 aromatic carbocycles. The number of hydrogen-bond acceptors (Lipinski definition) is 5. The molecule has 0 radical (unpaired) electrons. The molecule has 1 aromatic heterocycles. The number of ether oxygens (including phenoxy) is 1. The van der Waals surface area contributed by atoms with Crippen LogP contribution in [0.3, 0.4) is 0 Å². The SMILES string of the molecule is N#Cc1ccc(OCc2ccc(Cl)cc2Cl)c(-n2cnnn2)c1. The van der Waals surface area contributed by atoms with Gasteiger partial charge in [-0.1, -0.05) is 29.3 Å². The van der Waals surface area contributed by atoms with Crippen LogP contribution < -0.4 is 4.74 Å². The van der Waals surface area contributed by atoms with E-state index in [1.54, 1.807) is 36.4 Å². The monoisotopic (exact) mass is 345 g/mol. The molecule has 0 spiro atoms. The van der Waals surface area contributed by atoms with Crippen LogP contribution in [0.15, 0.2) is 42.7 Å². The Labute approximate surface area is 141 Å². The molecule has 3 rings (SSSR count). The fraction of sp³-hybridized carbons (Fsp3) is 0.0667. The summed E-state index contributed by atoms with van der Waals surface area (Å²) < 4.78 is 7.24. The molecule has 0 atom stereocenters. The lowest BCUT2D eigenvalue weighted by atomic mass is 10.2. The Kier molecular flexibility index (Phi) is 4.42. The summed E-state index contributed by atoms with van der Waals surface area (Å²) in [4.78, 5) is 0. The van der Waals surface area contributed by atoms with Crippen molar-refractivity contribution in [2.45, 2.75) is 6.61 Å². The molecule has 0 fully saturated rings. The van der Waals surface area contributed by atoms with Gasteiger partial charge in [-0.25, -0.2) is 0 Å². The van der Waals surface area contributed by atoms with Crippen molar-refractivity contribution in [2.75, 3.05) is 0 Å². The Hall–Kier alpha value is -2.62. The first-order chi connectivity index (χ1) is 11.2. The molecule has 6 nitrogen and oxygen atoms in total. The minimum atomic E-state index is 0.247. The van der Waals surface area contributed by atoms with Crippen LogP contribution in [-0.2, 0) is 6.61 Å². The summed E-state index contributed by atoms with van der Waals surface area (Å²) in [6.45, 7) is 0.247. The maximum Gasteiger partial charge on any atom is 0.145 e. The van der Waals surface area contributed by atoms with Crippen molar-refractivity contribution in [1.82, 2.24) is 20.2 Å². The maximum absolute atomic E-state index is 9.04. The van der Waals surface area contributed by atoms with E-state index in [1.165, 1.54) is 11.0 Å². The summed E-state index contributed by atoms with van der Waals surface area (Å²) in [5, 5.41) is 21.1. The van der Waals surface area contributed by atoms with E-state index in [0.29, 0.717) is 27.0 Å². The zero-order chi connectivity index (χ0) is 16.2. The Morgan fingerprint density at radius 3 is 2.74 bits per heavy atom. The van der Waals surface area contributed by atoms with Gasteiger partial charge in [-0.3, -0.25) is 0 Å². The molecule has 0 aliphatic heterocycles. The summed E-state index contributed by atoms with van der Waals surface area (Å²) in [6, 6.07) is 12.3. The van der Waals surface area contributed by atoms with E-state index in [2.05, 4.69) is 21.6 Å². The second kappa shape index (κ2) is 6.65. The third-order valence-electron chi connectivity index (χ3n) is 3.08. The molecule has 0 amide bonds. The number of nitriles is 1. The molecule has 1 heterocycles. The third kappa shape index (κ3) is 3.42. The Morgan fingerprint density at radius 2 is 2.04 bits per heavy atom. The molecule has 114 valence electrons. The van der Waals surface area contributed by atoms with Crippen LogP contribution in [0.4, 0.5) is 0 Å². The van der Waals surface area contributed by atoms with E-state index in [0.717, 1.165) is 5.56 Å². The number of rotatable bonds is 4. The standard InChI is InChI=1S/C15H9Cl2N5O/c16-12-3-2-11(13(17)6-12)8-23-15-4-1-10(7-18)5-14(15)22-9-19-20-21-22/h1-6,9H,8H2. The van der Waals surface area contributed by atoms with E-state index < -0.39 is 0 Å². The second-order valence-electron chi connectivity index (χ2n) is 4.57. The third-order valence-corrected chi connectivity index (χ3v) is 3.67. The first-order valence-corrected chi connectivity index (χ1v) is 7.27. The Balaban J connectivity index is 1.89. The van der Waals surface area contributed by atoms with Gasteiger partial charge in [0, 0.05) is 15.6 Å². The molecule has 0 aliphatic rings. The molecule has 23 heavy (non-hydrogen) atoms. The van der Waals surface area contributed by atoms with Gasteiger partial charge in [-0.2, -0.15) is 9.94 Å². The van der Waals surface area contributed by atoms with Crippen molar-refractivity contribution < 1.29 is 4.74 Å². The highest BCUT2D eigenvalue weighted by Crippen LogP contribution is 2.26. The molecule has 0 unspecified atom stereocenters. The number of hydrogen-bond donors (Lipinski definition) is 0. The largest absolute Gasteiger partial charge is 0.487 e. The van der Waals surface area contributed by atoms with Crippen LogP contribution in [0, 0.1) is 11.3 Å². The molecule has 0 bridgehead atoms. The van der Waals surface area contributed by atoms with Crippen molar-refractivity contribution in [3.05, 3.63) is 63.9 Å². The summed E-state index contributed by atoms with van der Waals surface area (Å²) in [5.41, 5.74) is 1.84. The van der Waals surface area contributed by atoms with Gasteiger partial charge in [0.25, 0.3) is 0 Å². The highest BCUT2D eigenvalue weighted by atomic mass is 35.5. The Bertz CT molecular complexity index is 874. The molecular formula is C15H9Cl2N5O. The van der Waals surface area contributed by atoms with Crippen molar-refractivity contribution in [3.8, 4) is 17.5 Å². The van der Waals surface area contributed by atoms with Crippen molar-refractivity contribution in [1.29, 1.82) is 5.26 Å². The number of nitrogens with zero attached hydrogens (tertiary/aromatic N) is 5. The summed E-state index contributed by atoms with van der Waals surface area (Å²) in [6.07, 6.45) is 1.43. The summed E-state index contributed by atoms with van der Waals surface area (Å²) in [7, 11) is 0. The van der Waals surface area contributed by atoms with Crippen LogP contribution in [-0.4, -0.2) is 20.2 Å². The quantitative estimate of drug-likeness (QED) is 0.723. The molecule has 3 aromatic rings. The Morgan fingerprint density at radius 1 is 1.17 bits per heavy atom. The number of benzene rings is 2. The van der Waals surface area contributed by atoms with Gasteiger partial charge < -0.3 is 4.74 Å². The van der Waals surface area contributed by atoms with E-state index in [9.17, 15) is 0 Å². The van der Waals surface area contributed by atoms with E-state index in [-0.39, 0.29) is 6.61 Å². The zero-order valence-electron chi connectivity index (χ0n) is 11.6. The van der Waals surface area contributed by atoms with Gasteiger partial charge in [0.05, 0.1) is 11.6 Å². The first kappa shape index (κ1) is 15.3. The lowest BCUT2D eigenvalue weighted by Crippen LogP contribution is -2.03. The van der Waals surface area contributed by atoms with Gasteiger partial charge >= 0.3 is 0 Å². The minimum absolute atomic E-state index is 0.247. The van der Waals surface area contributed by atoms with Gasteiger partial charge in [0.2, 0.25) is 0 Å². The minimum Gasteiger partial charge on any atom is -0.487 e. The summed E-state index contributed by atoms with van der Waals surface area (Å²) in [5.74, 6) is 0.530. The summed E-state index contributed by atoms with van der Waals surface area (Å²) >= 11 is 12.0. The van der Waals surface area contributed by atoms with Gasteiger partial charge in [-0.05, 0) is 40.8 Å². The van der Waals surface area contributed by atoms with Crippen LogP contribution in [0.2, 0.25) is 10.0 Å². The van der Waals surface area contributed by atoms with Crippen LogP contribution in [0.1, 0.15) is 11.1 Å². The fourth-order valence-electron chi connectivity index (χ4n) is 1.95. The van der Waals surface area contributed by atoms with Crippen molar-refractivity contribution in [2.24, 2.45) is 0 Å². The average Bonchev–Trinajstić information content (AvgIpc) is 3.08. The topological polar surface area (TPSA) is 76.6 Å². The van der Waals surface area contributed by atoms with Gasteiger partial charge in [0.1, 0.15) is 24.4 Å².